The van der Waals surface area contributed by atoms with E-state index in [4.69, 9.17) is 17.0 Å². The molecule has 0 saturated heterocycles. The van der Waals surface area contributed by atoms with Crippen LogP contribution in [-0.2, 0) is 9.53 Å². The normalized spacial score (nSPS) is 16.6. The Morgan fingerprint density at radius 1 is 1.50 bits per heavy atom. The van der Waals surface area contributed by atoms with Gasteiger partial charge in [0, 0.05) is 13.2 Å². The van der Waals surface area contributed by atoms with Crippen LogP contribution in [-0.4, -0.2) is 29.6 Å². The van der Waals surface area contributed by atoms with Gasteiger partial charge in [-0.3, -0.25) is 9.78 Å². The molecule has 1 fully saturated rings. The van der Waals surface area contributed by atoms with Gasteiger partial charge in [-0.25, -0.2) is 0 Å². The van der Waals surface area contributed by atoms with Crippen molar-refractivity contribution in [3.05, 3.63) is 30.1 Å². The van der Waals surface area contributed by atoms with Crippen LogP contribution in [0.5, 0.6) is 0 Å². The first-order valence-corrected chi connectivity index (χ1v) is 7.42. The minimum Gasteiger partial charge on any atom is -0.465 e. The first-order chi connectivity index (χ1) is 9.72. The van der Waals surface area contributed by atoms with Gasteiger partial charge in [-0.05, 0) is 30.9 Å². The molecular weight excluding hydrogens is 272 g/mol. The van der Waals surface area contributed by atoms with E-state index in [1.54, 1.807) is 19.3 Å². The molecule has 0 radical (unpaired) electrons. The number of carbonyl (C=O) groups excluding carboxylic acids is 1. The lowest BCUT2D eigenvalue weighted by Crippen LogP contribution is -2.32. The lowest BCUT2D eigenvalue weighted by molar-refractivity contribution is -0.145. The number of rotatable bonds is 5. The molecule has 0 aliphatic heterocycles. The van der Waals surface area contributed by atoms with Crippen LogP contribution in [0.1, 0.15) is 37.3 Å². The van der Waals surface area contributed by atoms with Gasteiger partial charge in [0.05, 0.1) is 17.3 Å². The van der Waals surface area contributed by atoms with Crippen molar-refractivity contribution in [2.75, 3.05) is 13.7 Å². The highest BCUT2D eigenvalue weighted by Crippen LogP contribution is 2.25. The molecular formula is C15H20N2O2S. The third kappa shape index (κ3) is 3.76. The van der Waals surface area contributed by atoms with Crippen LogP contribution in [0.25, 0.3) is 0 Å². The highest BCUT2D eigenvalue weighted by molar-refractivity contribution is 7.80. The minimum absolute atomic E-state index is 0.310. The molecule has 0 amide bonds. The van der Waals surface area contributed by atoms with E-state index >= 15 is 0 Å². The van der Waals surface area contributed by atoms with Crippen LogP contribution in [0.3, 0.4) is 0 Å². The second kappa shape index (κ2) is 7.33. The molecule has 1 aromatic rings. The van der Waals surface area contributed by atoms with Crippen LogP contribution in [0, 0.1) is 5.92 Å². The summed E-state index contributed by atoms with van der Waals surface area (Å²) >= 11 is 5.23. The minimum atomic E-state index is -0.613. The number of aromatic nitrogens is 1. The first kappa shape index (κ1) is 14.9. The zero-order valence-electron chi connectivity index (χ0n) is 11.7. The highest BCUT2D eigenvalue weighted by Gasteiger charge is 2.28. The van der Waals surface area contributed by atoms with E-state index in [0.29, 0.717) is 23.2 Å². The van der Waals surface area contributed by atoms with Crippen LogP contribution in [0.2, 0.25) is 0 Å². The fourth-order valence-corrected chi connectivity index (χ4v) is 2.73. The number of nitrogens with one attached hydrogen (secondary N) is 1. The van der Waals surface area contributed by atoms with Crippen molar-refractivity contribution in [1.82, 2.24) is 10.3 Å². The number of hydrogen-bond donors (Lipinski definition) is 1. The molecule has 1 saturated carbocycles. The van der Waals surface area contributed by atoms with Gasteiger partial charge in [0.25, 0.3) is 0 Å². The largest absolute Gasteiger partial charge is 0.465 e. The summed E-state index contributed by atoms with van der Waals surface area (Å²) in [6.07, 6.45) is 6.43. The molecule has 1 atom stereocenters. The number of thiocarbonyl (C=S) groups is 1. The number of esters is 1. The molecule has 4 nitrogen and oxygen atoms in total. The number of nitrogens with zero attached hydrogens (tertiary/aromatic N) is 1. The van der Waals surface area contributed by atoms with Gasteiger partial charge in [0.15, 0.2) is 0 Å². The molecule has 1 aliphatic rings. The smallest absolute Gasteiger partial charge is 0.322 e. The Balaban J connectivity index is 2.02. The standard InChI is InChI=1S/C15H20N2O2S/c1-16-14(20)13(12-8-4-5-9-17-12)15(18)19-10-11-6-2-3-7-11/h4-5,8-9,11,13H,2-3,6-7,10H2,1H3,(H,16,20). The van der Waals surface area contributed by atoms with Gasteiger partial charge in [-0.15, -0.1) is 0 Å². The zero-order valence-corrected chi connectivity index (χ0v) is 12.5. The molecule has 0 spiro atoms. The van der Waals surface area contributed by atoms with Crippen LogP contribution in [0.4, 0.5) is 0 Å². The van der Waals surface area contributed by atoms with E-state index in [1.807, 2.05) is 12.1 Å². The Hall–Kier alpha value is -1.49. The molecule has 20 heavy (non-hydrogen) atoms. The van der Waals surface area contributed by atoms with E-state index < -0.39 is 5.92 Å². The second-order valence-corrected chi connectivity index (χ2v) is 5.52. The Morgan fingerprint density at radius 2 is 2.25 bits per heavy atom. The third-order valence-electron chi connectivity index (χ3n) is 3.66. The monoisotopic (exact) mass is 292 g/mol. The first-order valence-electron chi connectivity index (χ1n) is 7.01. The number of carbonyl (C=O) groups is 1. The molecule has 0 bridgehead atoms. The summed E-state index contributed by atoms with van der Waals surface area (Å²) in [5.74, 6) is -0.418. The number of hydrogen-bond acceptors (Lipinski definition) is 4. The van der Waals surface area contributed by atoms with Crippen molar-refractivity contribution >= 4 is 23.2 Å². The van der Waals surface area contributed by atoms with E-state index in [9.17, 15) is 4.79 Å². The van der Waals surface area contributed by atoms with E-state index in [2.05, 4.69) is 10.3 Å². The molecule has 1 aliphatic carbocycles. The summed E-state index contributed by atoms with van der Waals surface area (Å²) < 4.78 is 5.46. The van der Waals surface area contributed by atoms with Gasteiger partial charge in [-0.1, -0.05) is 31.1 Å². The van der Waals surface area contributed by atoms with E-state index in [1.165, 1.54) is 12.8 Å². The summed E-state index contributed by atoms with van der Waals surface area (Å²) in [7, 11) is 1.71. The van der Waals surface area contributed by atoms with E-state index in [-0.39, 0.29) is 5.97 Å². The molecule has 108 valence electrons. The summed E-state index contributed by atoms with van der Waals surface area (Å²) in [6.45, 7) is 0.495. The maximum Gasteiger partial charge on any atom is 0.322 e. The fraction of sp³-hybridized carbons (Fsp3) is 0.533. The number of ether oxygens (including phenoxy) is 1. The van der Waals surface area contributed by atoms with Crippen molar-refractivity contribution in [3.8, 4) is 0 Å². The highest BCUT2D eigenvalue weighted by atomic mass is 32.1. The van der Waals surface area contributed by atoms with Gasteiger partial charge in [0.2, 0.25) is 0 Å². The van der Waals surface area contributed by atoms with Crippen molar-refractivity contribution in [1.29, 1.82) is 0 Å². The zero-order chi connectivity index (χ0) is 14.4. The van der Waals surface area contributed by atoms with Gasteiger partial charge < -0.3 is 10.1 Å². The maximum atomic E-state index is 12.3. The van der Waals surface area contributed by atoms with Gasteiger partial charge in [0.1, 0.15) is 5.92 Å². The lowest BCUT2D eigenvalue weighted by atomic mass is 10.0. The topological polar surface area (TPSA) is 51.2 Å². The van der Waals surface area contributed by atoms with Crippen molar-refractivity contribution < 1.29 is 9.53 Å². The predicted octanol–water partition coefficient (Wildman–Crippen LogP) is 2.45. The predicted molar refractivity (Wildman–Crippen MR) is 81.6 cm³/mol. The SMILES string of the molecule is CNC(=S)C(C(=O)OCC1CCCC1)c1ccccn1. The van der Waals surface area contributed by atoms with Crippen molar-refractivity contribution in [2.45, 2.75) is 31.6 Å². The average molecular weight is 292 g/mol. The molecule has 1 N–H and O–H groups in total. The van der Waals surface area contributed by atoms with Gasteiger partial charge in [-0.2, -0.15) is 0 Å². The Morgan fingerprint density at radius 3 is 2.85 bits per heavy atom. The Kier molecular flexibility index (Phi) is 5.47. The molecule has 0 aromatic carbocycles. The van der Waals surface area contributed by atoms with Crippen LogP contribution < -0.4 is 5.32 Å². The van der Waals surface area contributed by atoms with Crippen molar-refractivity contribution in [2.24, 2.45) is 5.92 Å². The summed E-state index contributed by atoms with van der Waals surface area (Å²) in [6, 6.07) is 5.45. The molecule has 1 aromatic heterocycles. The molecule has 5 heteroatoms. The molecule has 2 rings (SSSR count). The maximum absolute atomic E-state index is 12.3. The summed E-state index contributed by atoms with van der Waals surface area (Å²) in [4.78, 5) is 17.0. The quantitative estimate of drug-likeness (QED) is 0.667. The van der Waals surface area contributed by atoms with Gasteiger partial charge >= 0.3 is 5.97 Å². The Bertz CT molecular complexity index is 458. The summed E-state index contributed by atoms with van der Waals surface area (Å²) in [5, 5.41) is 2.86. The average Bonchev–Trinajstić information content (AvgIpc) is 2.99. The summed E-state index contributed by atoms with van der Waals surface area (Å²) in [5.41, 5.74) is 0.628. The fourth-order valence-electron chi connectivity index (χ4n) is 2.51. The number of likely N-dealkylation sites (N-methyl/N-ethyl adjacent to an activating group) is 1. The third-order valence-corrected chi connectivity index (χ3v) is 4.10. The Labute approximate surface area is 124 Å². The number of pyridine rings is 1. The molecule has 1 unspecified atom stereocenters. The van der Waals surface area contributed by atoms with Crippen LogP contribution >= 0.6 is 12.2 Å². The van der Waals surface area contributed by atoms with E-state index in [0.717, 1.165) is 12.8 Å². The van der Waals surface area contributed by atoms with Crippen molar-refractivity contribution in [3.63, 3.8) is 0 Å². The lowest BCUT2D eigenvalue weighted by Gasteiger charge is -2.18. The van der Waals surface area contributed by atoms with Crippen LogP contribution in [0.15, 0.2) is 24.4 Å². The second-order valence-electron chi connectivity index (χ2n) is 5.08. The molecule has 1 heterocycles.